The van der Waals surface area contributed by atoms with Crippen molar-refractivity contribution in [3.63, 3.8) is 0 Å². The third kappa shape index (κ3) is 1.37. The van der Waals surface area contributed by atoms with Gasteiger partial charge in [-0.15, -0.1) is 0 Å². The Hall–Kier alpha value is -0.980. The first-order chi connectivity index (χ1) is 7.79. The summed E-state index contributed by atoms with van der Waals surface area (Å²) in [5.74, 6) is 0.621. The maximum absolute atomic E-state index is 10.3. The quantitative estimate of drug-likeness (QED) is 0.704. The highest BCUT2D eigenvalue weighted by molar-refractivity contribution is 5.56. The maximum atomic E-state index is 10.3. The predicted octanol–water partition coefficient (Wildman–Crippen LogP) is 3.46. The van der Waals surface area contributed by atoms with Crippen molar-refractivity contribution in [3.8, 4) is 5.75 Å². The van der Waals surface area contributed by atoms with E-state index in [9.17, 15) is 5.11 Å². The molecule has 3 rings (SSSR count). The summed E-state index contributed by atoms with van der Waals surface area (Å²) in [4.78, 5) is 0. The largest absolute Gasteiger partial charge is 0.507 e. The topological polar surface area (TPSA) is 20.2 Å². The lowest BCUT2D eigenvalue weighted by Gasteiger charge is -2.28. The summed E-state index contributed by atoms with van der Waals surface area (Å²) in [5, 5.41) is 10.3. The molecular weight excluding hydrogens is 196 g/mol. The number of phenolic OH excluding ortho intramolecular Hbond substituents is 1. The average Bonchev–Trinajstić information content (AvgIpc) is 2.36. The van der Waals surface area contributed by atoms with Crippen molar-refractivity contribution in [2.45, 2.75) is 58.3 Å². The van der Waals surface area contributed by atoms with Gasteiger partial charge in [0.15, 0.2) is 0 Å². The smallest absolute Gasteiger partial charge is 0.122 e. The highest BCUT2D eigenvalue weighted by Gasteiger charge is 2.24. The first-order valence-corrected chi connectivity index (χ1v) is 6.64. The Morgan fingerprint density at radius 3 is 1.75 bits per heavy atom. The van der Waals surface area contributed by atoms with Crippen LogP contribution in [0.15, 0.2) is 0 Å². The highest BCUT2D eigenvalue weighted by Crippen LogP contribution is 2.40. The van der Waals surface area contributed by atoms with Gasteiger partial charge in [0.05, 0.1) is 0 Å². The predicted molar refractivity (Wildman–Crippen MR) is 66.1 cm³/mol. The van der Waals surface area contributed by atoms with Gasteiger partial charge in [0, 0.05) is 0 Å². The van der Waals surface area contributed by atoms with Gasteiger partial charge in [-0.1, -0.05) is 0 Å². The van der Waals surface area contributed by atoms with Crippen molar-refractivity contribution >= 4 is 0 Å². The number of hydrogen-bond donors (Lipinski definition) is 1. The summed E-state index contributed by atoms with van der Waals surface area (Å²) < 4.78 is 0. The fourth-order valence-corrected chi connectivity index (χ4v) is 3.52. The van der Waals surface area contributed by atoms with Crippen LogP contribution < -0.4 is 0 Å². The Labute approximate surface area is 97.5 Å². The molecule has 1 heteroatoms. The molecule has 86 valence electrons. The van der Waals surface area contributed by atoms with Crippen LogP contribution in [0.5, 0.6) is 5.75 Å². The van der Waals surface area contributed by atoms with Gasteiger partial charge in [-0.05, 0) is 86.1 Å². The van der Waals surface area contributed by atoms with E-state index in [1.807, 2.05) is 0 Å². The molecule has 0 spiro atoms. The van der Waals surface area contributed by atoms with E-state index in [1.54, 1.807) is 5.56 Å². The fourth-order valence-electron chi connectivity index (χ4n) is 3.52. The molecule has 1 aromatic rings. The molecule has 1 N–H and O–H groups in total. The molecule has 1 aromatic carbocycles. The van der Waals surface area contributed by atoms with Crippen LogP contribution >= 0.6 is 0 Å². The third-order valence-corrected chi connectivity index (χ3v) is 4.39. The van der Waals surface area contributed by atoms with Crippen molar-refractivity contribution in [1.29, 1.82) is 0 Å². The molecule has 0 fully saturated rings. The zero-order valence-corrected chi connectivity index (χ0v) is 10.1. The molecule has 2 aliphatic carbocycles. The summed E-state index contributed by atoms with van der Waals surface area (Å²) in [7, 11) is 0. The van der Waals surface area contributed by atoms with Crippen molar-refractivity contribution in [2.24, 2.45) is 0 Å². The molecule has 0 bridgehead atoms. The van der Waals surface area contributed by atoms with Crippen molar-refractivity contribution in [1.82, 2.24) is 0 Å². The molecule has 16 heavy (non-hydrogen) atoms. The second-order valence-corrected chi connectivity index (χ2v) is 5.30. The summed E-state index contributed by atoms with van der Waals surface area (Å²) in [6.07, 6.45) is 9.91. The molecule has 0 aliphatic heterocycles. The lowest BCUT2D eigenvalue weighted by molar-refractivity contribution is 0.454. The molecule has 0 aromatic heterocycles. The molecule has 1 nitrogen and oxygen atoms in total. The van der Waals surface area contributed by atoms with Crippen LogP contribution in [-0.4, -0.2) is 5.11 Å². The minimum atomic E-state index is 0.621. The van der Waals surface area contributed by atoms with E-state index >= 15 is 0 Å². The van der Waals surface area contributed by atoms with Gasteiger partial charge in [-0.3, -0.25) is 0 Å². The Kier molecular flexibility index (Phi) is 2.42. The van der Waals surface area contributed by atoms with Crippen LogP contribution in [0.1, 0.15) is 53.5 Å². The van der Waals surface area contributed by atoms with Crippen LogP contribution in [0.2, 0.25) is 0 Å². The van der Waals surface area contributed by atoms with E-state index in [0.29, 0.717) is 5.75 Å². The fraction of sp³-hybridized carbons (Fsp3) is 0.600. The van der Waals surface area contributed by atoms with E-state index in [-0.39, 0.29) is 0 Å². The summed E-state index contributed by atoms with van der Waals surface area (Å²) in [6, 6.07) is 0. The van der Waals surface area contributed by atoms with Gasteiger partial charge in [0.1, 0.15) is 5.75 Å². The summed E-state index contributed by atoms with van der Waals surface area (Å²) >= 11 is 0. The van der Waals surface area contributed by atoms with Crippen LogP contribution in [0.25, 0.3) is 0 Å². The van der Waals surface area contributed by atoms with E-state index in [0.717, 1.165) is 6.42 Å². The molecule has 0 unspecified atom stereocenters. The van der Waals surface area contributed by atoms with E-state index in [1.165, 1.54) is 67.2 Å². The standard InChI is InChI=1S/C15H20O/c1-10-11-6-2-3-7-12(11)13-8-4-5-9-14(13)15(10)16/h16H,2-9H2,1H3. The van der Waals surface area contributed by atoms with Gasteiger partial charge >= 0.3 is 0 Å². The van der Waals surface area contributed by atoms with Crippen molar-refractivity contribution in [3.05, 3.63) is 27.8 Å². The molecule has 0 saturated carbocycles. The lowest BCUT2D eigenvalue weighted by Crippen LogP contribution is -2.14. The molecule has 0 amide bonds. The van der Waals surface area contributed by atoms with Gasteiger partial charge in [0.25, 0.3) is 0 Å². The van der Waals surface area contributed by atoms with Crippen molar-refractivity contribution < 1.29 is 5.11 Å². The molecular formula is C15H20O. The van der Waals surface area contributed by atoms with Crippen LogP contribution in [0, 0.1) is 6.92 Å². The average molecular weight is 216 g/mol. The molecule has 0 radical (unpaired) electrons. The van der Waals surface area contributed by atoms with E-state index in [4.69, 9.17) is 0 Å². The Morgan fingerprint density at radius 1 is 0.688 bits per heavy atom. The molecule has 0 atom stereocenters. The SMILES string of the molecule is Cc1c(O)c2c(c3c1CCCC3)CCCC2. The first kappa shape index (κ1) is 10.2. The number of phenols is 1. The molecule has 0 saturated heterocycles. The van der Waals surface area contributed by atoms with Gasteiger partial charge < -0.3 is 5.11 Å². The Balaban J connectivity index is 2.25. The normalized spacial score (nSPS) is 19.1. The van der Waals surface area contributed by atoms with Crippen LogP contribution in [0.3, 0.4) is 0 Å². The number of hydrogen-bond acceptors (Lipinski definition) is 1. The van der Waals surface area contributed by atoms with Crippen LogP contribution in [-0.2, 0) is 25.7 Å². The monoisotopic (exact) mass is 216 g/mol. The number of rotatable bonds is 0. The third-order valence-electron chi connectivity index (χ3n) is 4.39. The number of benzene rings is 1. The molecule has 2 aliphatic rings. The second-order valence-electron chi connectivity index (χ2n) is 5.30. The summed E-state index contributed by atoms with van der Waals surface area (Å²) in [6.45, 7) is 2.11. The van der Waals surface area contributed by atoms with Crippen molar-refractivity contribution in [2.75, 3.05) is 0 Å². The van der Waals surface area contributed by atoms with E-state index < -0.39 is 0 Å². The lowest BCUT2D eigenvalue weighted by atomic mass is 9.78. The van der Waals surface area contributed by atoms with E-state index in [2.05, 4.69) is 6.92 Å². The molecule has 0 heterocycles. The first-order valence-electron chi connectivity index (χ1n) is 6.64. The summed E-state index contributed by atoms with van der Waals surface area (Å²) in [5.41, 5.74) is 7.06. The van der Waals surface area contributed by atoms with Gasteiger partial charge in [-0.25, -0.2) is 0 Å². The Bertz CT molecular complexity index is 391. The highest BCUT2D eigenvalue weighted by atomic mass is 16.3. The van der Waals surface area contributed by atoms with Crippen LogP contribution in [0.4, 0.5) is 0 Å². The zero-order chi connectivity index (χ0) is 11.1. The van der Waals surface area contributed by atoms with Gasteiger partial charge in [-0.2, -0.15) is 0 Å². The minimum absolute atomic E-state index is 0.621. The Morgan fingerprint density at radius 2 is 1.12 bits per heavy atom. The number of fused-ring (bicyclic) bond motifs is 3. The minimum Gasteiger partial charge on any atom is -0.507 e. The number of aromatic hydroxyl groups is 1. The maximum Gasteiger partial charge on any atom is 0.122 e. The second kappa shape index (κ2) is 3.80. The zero-order valence-electron chi connectivity index (χ0n) is 10.1. The van der Waals surface area contributed by atoms with Gasteiger partial charge in [0.2, 0.25) is 0 Å².